The van der Waals surface area contributed by atoms with E-state index in [-0.39, 0.29) is 44.5 Å². The molecule has 7 heteroatoms. The number of esters is 2. The van der Waals surface area contributed by atoms with Gasteiger partial charge >= 0.3 is 11.9 Å². The van der Waals surface area contributed by atoms with Gasteiger partial charge in [0.1, 0.15) is 18.9 Å². The summed E-state index contributed by atoms with van der Waals surface area (Å²) in [6.07, 6.45) is 1.02. The lowest BCUT2D eigenvalue weighted by Gasteiger charge is -2.14. The molecule has 7 nitrogen and oxygen atoms in total. The number of nitrogens with two attached hydrogens (primary N) is 1. The number of aliphatic hydroxyl groups is 1. The van der Waals surface area contributed by atoms with E-state index in [2.05, 4.69) is 6.58 Å². The summed E-state index contributed by atoms with van der Waals surface area (Å²) in [5.74, 6) is -1.03. The van der Waals surface area contributed by atoms with E-state index < -0.39 is 12.1 Å². The highest BCUT2D eigenvalue weighted by Crippen LogP contribution is 2.27. The molecule has 170 valence electrons. The van der Waals surface area contributed by atoms with Gasteiger partial charge in [-0.1, -0.05) is 60.7 Å². The highest BCUT2D eigenvalue weighted by Gasteiger charge is 2.17. The van der Waals surface area contributed by atoms with Gasteiger partial charge in [0.15, 0.2) is 0 Å². The smallest absolute Gasteiger partial charge is 0.354 e. The molecule has 0 radical (unpaired) electrons. The van der Waals surface area contributed by atoms with Crippen molar-refractivity contribution in [3.63, 3.8) is 0 Å². The number of benzene rings is 2. The molecule has 0 aliphatic heterocycles. The minimum atomic E-state index is -0.663. The minimum Gasteiger partial charge on any atom is -0.463 e. The lowest BCUT2D eigenvalue weighted by atomic mass is 9.94. The molecule has 2 aromatic carbocycles. The van der Waals surface area contributed by atoms with Crippen molar-refractivity contribution in [3.8, 4) is 0 Å². The van der Waals surface area contributed by atoms with Gasteiger partial charge in [-0.05, 0) is 23.6 Å². The van der Waals surface area contributed by atoms with Crippen LogP contribution < -0.4 is 5.73 Å². The summed E-state index contributed by atoms with van der Waals surface area (Å²) in [6, 6.07) is 16.5. The van der Waals surface area contributed by atoms with Crippen molar-refractivity contribution in [2.24, 2.45) is 5.73 Å². The minimum absolute atomic E-state index is 0.00315. The molecule has 3 N–H and O–H groups in total. The van der Waals surface area contributed by atoms with E-state index in [0.29, 0.717) is 5.57 Å². The number of carbonyl (C=O) groups excluding carboxylic acids is 2. The SMILES string of the molecule is C=CCC(=O)OCCOCCOC(=O)/C(N)=C(\c1ccccc1)c1ccc(C(C)O)cc1. The Bertz CT molecular complexity index is 919. The zero-order chi connectivity index (χ0) is 23.3. The van der Waals surface area contributed by atoms with E-state index in [9.17, 15) is 14.7 Å². The maximum Gasteiger partial charge on any atom is 0.354 e. The van der Waals surface area contributed by atoms with Crippen LogP contribution in [-0.2, 0) is 23.8 Å². The quantitative estimate of drug-likeness (QED) is 0.226. The Kier molecular flexibility index (Phi) is 10.2. The van der Waals surface area contributed by atoms with Crippen molar-refractivity contribution < 1.29 is 28.9 Å². The summed E-state index contributed by atoms with van der Waals surface area (Å²) < 4.78 is 15.5. The second-order valence-electron chi connectivity index (χ2n) is 6.91. The van der Waals surface area contributed by atoms with E-state index in [1.165, 1.54) is 6.08 Å². The van der Waals surface area contributed by atoms with Gasteiger partial charge in [-0.3, -0.25) is 4.79 Å². The number of rotatable bonds is 12. The maximum atomic E-state index is 12.6. The first-order chi connectivity index (χ1) is 15.4. The number of carbonyl (C=O) groups is 2. The molecular formula is C25H29NO6. The fourth-order valence-electron chi connectivity index (χ4n) is 2.88. The van der Waals surface area contributed by atoms with Crippen LogP contribution in [0.15, 0.2) is 72.9 Å². The predicted octanol–water partition coefficient (Wildman–Crippen LogP) is 3.14. The molecule has 0 aliphatic rings. The third kappa shape index (κ3) is 7.68. The summed E-state index contributed by atoms with van der Waals surface area (Å²) in [5, 5.41) is 9.74. The summed E-state index contributed by atoms with van der Waals surface area (Å²) >= 11 is 0. The van der Waals surface area contributed by atoms with E-state index in [4.69, 9.17) is 19.9 Å². The monoisotopic (exact) mass is 439 g/mol. The number of ether oxygens (including phenoxy) is 3. The maximum absolute atomic E-state index is 12.6. The Morgan fingerprint density at radius 3 is 2.16 bits per heavy atom. The molecule has 2 rings (SSSR count). The Morgan fingerprint density at radius 1 is 0.969 bits per heavy atom. The fraction of sp³-hybridized carbons (Fsp3) is 0.280. The Labute approximate surface area is 188 Å². The van der Waals surface area contributed by atoms with Crippen molar-refractivity contribution in [2.45, 2.75) is 19.4 Å². The highest BCUT2D eigenvalue weighted by molar-refractivity contribution is 6.00. The van der Waals surface area contributed by atoms with Gasteiger partial charge in [0.2, 0.25) is 0 Å². The molecule has 0 aromatic heterocycles. The molecule has 0 aliphatic carbocycles. The van der Waals surface area contributed by atoms with Gasteiger partial charge in [0.05, 0.1) is 25.7 Å². The summed E-state index contributed by atoms with van der Waals surface area (Å²) in [4.78, 5) is 23.8. The van der Waals surface area contributed by atoms with Crippen molar-refractivity contribution in [1.29, 1.82) is 0 Å². The average Bonchev–Trinajstić information content (AvgIpc) is 2.79. The Balaban J connectivity index is 2.00. The Hall–Kier alpha value is -3.42. The summed E-state index contributed by atoms with van der Waals surface area (Å²) in [6.45, 7) is 5.59. The first kappa shape index (κ1) is 24.8. The van der Waals surface area contributed by atoms with E-state index in [1.54, 1.807) is 31.2 Å². The van der Waals surface area contributed by atoms with Crippen LogP contribution in [0.1, 0.15) is 36.1 Å². The molecule has 0 bridgehead atoms. The molecule has 0 saturated heterocycles. The van der Waals surface area contributed by atoms with Gasteiger partial charge in [-0.15, -0.1) is 6.58 Å². The third-order valence-electron chi connectivity index (χ3n) is 4.50. The van der Waals surface area contributed by atoms with Crippen LogP contribution in [0.3, 0.4) is 0 Å². The summed E-state index contributed by atoms with van der Waals surface area (Å²) in [5.41, 5.74) is 8.97. The number of aliphatic hydroxyl groups excluding tert-OH is 1. The van der Waals surface area contributed by atoms with Crippen LogP contribution in [0.4, 0.5) is 0 Å². The largest absolute Gasteiger partial charge is 0.463 e. The van der Waals surface area contributed by atoms with Crippen molar-refractivity contribution in [3.05, 3.63) is 89.6 Å². The molecule has 2 aromatic rings. The third-order valence-corrected chi connectivity index (χ3v) is 4.50. The van der Waals surface area contributed by atoms with E-state index in [1.807, 2.05) is 30.3 Å². The predicted molar refractivity (Wildman–Crippen MR) is 121 cm³/mol. The van der Waals surface area contributed by atoms with Crippen molar-refractivity contribution >= 4 is 17.5 Å². The van der Waals surface area contributed by atoms with Gasteiger partial charge < -0.3 is 25.1 Å². The van der Waals surface area contributed by atoms with Crippen molar-refractivity contribution in [2.75, 3.05) is 26.4 Å². The van der Waals surface area contributed by atoms with Crippen molar-refractivity contribution in [1.82, 2.24) is 0 Å². The zero-order valence-corrected chi connectivity index (χ0v) is 18.2. The molecule has 0 amide bonds. The normalized spacial score (nSPS) is 12.4. The van der Waals surface area contributed by atoms with E-state index >= 15 is 0 Å². The first-order valence-corrected chi connectivity index (χ1v) is 10.3. The molecular weight excluding hydrogens is 410 g/mol. The molecule has 1 atom stereocenters. The second kappa shape index (κ2) is 13.1. The molecule has 1 unspecified atom stereocenters. The zero-order valence-electron chi connectivity index (χ0n) is 18.2. The van der Waals surface area contributed by atoms with Crippen LogP contribution >= 0.6 is 0 Å². The first-order valence-electron chi connectivity index (χ1n) is 10.3. The number of hydrogen-bond acceptors (Lipinski definition) is 7. The lowest BCUT2D eigenvalue weighted by molar-refractivity contribution is -0.144. The average molecular weight is 440 g/mol. The second-order valence-corrected chi connectivity index (χ2v) is 6.91. The lowest BCUT2D eigenvalue weighted by Crippen LogP contribution is -2.20. The molecule has 32 heavy (non-hydrogen) atoms. The van der Waals surface area contributed by atoms with Gasteiger partial charge in [-0.25, -0.2) is 4.79 Å². The van der Waals surface area contributed by atoms with Crippen LogP contribution in [-0.4, -0.2) is 43.5 Å². The van der Waals surface area contributed by atoms with Gasteiger partial charge in [0, 0.05) is 5.57 Å². The van der Waals surface area contributed by atoms with Crippen LogP contribution in [0, 0.1) is 0 Å². The highest BCUT2D eigenvalue weighted by atomic mass is 16.6. The number of hydrogen-bond donors (Lipinski definition) is 2. The Morgan fingerprint density at radius 2 is 1.56 bits per heavy atom. The molecule has 0 heterocycles. The molecule has 0 spiro atoms. The van der Waals surface area contributed by atoms with E-state index in [0.717, 1.165) is 16.7 Å². The molecule has 0 fully saturated rings. The molecule has 0 saturated carbocycles. The van der Waals surface area contributed by atoms with Crippen LogP contribution in [0.25, 0.3) is 5.57 Å². The van der Waals surface area contributed by atoms with Crippen LogP contribution in [0.5, 0.6) is 0 Å². The van der Waals surface area contributed by atoms with Gasteiger partial charge in [0.25, 0.3) is 0 Å². The van der Waals surface area contributed by atoms with Crippen LogP contribution in [0.2, 0.25) is 0 Å². The fourth-order valence-corrected chi connectivity index (χ4v) is 2.88. The topological polar surface area (TPSA) is 108 Å². The summed E-state index contributed by atoms with van der Waals surface area (Å²) in [7, 11) is 0. The van der Waals surface area contributed by atoms with Gasteiger partial charge in [-0.2, -0.15) is 0 Å². The standard InChI is InChI=1S/C25H29NO6/c1-3-7-22(28)31-16-14-30-15-17-32-25(29)24(26)23(20-8-5-4-6-9-20)21-12-10-19(11-13-21)18(2)27/h3-6,8-13,18,27H,1,7,14-17,26H2,2H3/b24-23-.